The highest BCUT2D eigenvalue weighted by molar-refractivity contribution is 5.21. The third-order valence-corrected chi connectivity index (χ3v) is 2.89. The fourth-order valence-corrected chi connectivity index (χ4v) is 1.79. The SMILES string of the molecule is CC12CC1C=CC(O)C2O. The molecule has 2 nitrogen and oxygen atoms in total. The van der Waals surface area contributed by atoms with Crippen molar-refractivity contribution in [1.29, 1.82) is 0 Å². The average molecular weight is 140 g/mol. The summed E-state index contributed by atoms with van der Waals surface area (Å²) in [4.78, 5) is 0. The van der Waals surface area contributed by atoms with E-state index in [1.807, 2.05) is 13.0 Å². The molecule has 1 fully saturated rings. The van der Waals surface area contributed by atoms with E-state index in [1.165, 1.54) is 0 Å². The van der Waals surface area contributed by atoms with Crippen molar-refractivity contribution in [3.63, 3.8) is 0 Å². The maximum absolute atomic E-state index is 9.45. The van der Waals surface area contributed by atoms with Gasteiger partial charge in [-0.3, -0.25) is 0 Å². The second kappa shape index (κ2) is 1.63. The number of hydrogen-bond acceptors (Lipinski definition) is 2. The van der Waals surface area contributed by atoms with E-state index in [4.69, 9.17) is 0 Å². The van der Waals surface area contributed by atoms with E-state index >= 15 is 0 Å². The lowest BCUT2D eigenvalue weighted by atomic mass is 9.90. The predicted molar refractivity (Wildman–Crippen MR) is 37.4 cm³/mol. The van der Waals surface area contributed by atoms with Gasteiger partial charge in [-0.2, -0.15) is 0 Å². The van der Waals surface area contributed by atoms with Crippen LogP contribution in [-0.4, -0.2) is 22.4 Å². The van der Waals surface area contributed by atoms with Crippen molar-refractivity contribution < 1.29 is 10.2 Å². The summed E-state index contributed by atoms with van der Waals surface area (Å²) in [6, 6.07) is 0. The van der Waals surface area contributed by atoms with E-state index in [-0.39, 0.29) is 5.41 Å². The predicted octanol–water partition coefficient (Wildman–Crippen LogP) is 0.304. The molecule has 4 atom stereocenters. The lowest BCUT2D eigenvalue weighted by Gasteiger charge is -2.25. The first-order chi connectivity index (χ1) is 4.64. The molecule has 0 aromatic heterocycles. The van der Waals surface area contributed by atoms with Crippen LogP contribution in [0.1, 0.15) is 13.3 Å². The summed E-state index contributed by atoms with van der Waals surface area (Å²) in [7, 11) is 0. The van der Waals surface area contributed by atoms with Gasteiger partial charge in [-0.1, -0.05) is 19.1 Å². The Bertz CT molecular complexity index is 188. The quantitative estimate of drug-likeness (QED) is 0.475. The smallest absolute Gasteiger partial charge is 0.0985 e. The molecule has 0 aromatic carbocycles. The van der Waals surface area contributed by atoms with Crippen LogP contribution in [0.25, 0.3) is 0 Å². The van der Waals surface area contributed by atoms with E-state index in [0.29, 0.717) is 5.92 Å². The second-order valence-electron chi connectivity index (χ2n) is 3.64. The molecule has 10 heavy (non-hydrogen) atoms. The van der Waals surface area contributed by atoms with E-state index in [0.717, 1.165) is 6.42 Å². The molecule has 4 unspecified atom stereocenters. The van der Waals surface area contributed by atoms with Gasteiger partial charge in [0, 0.05) is 5.41 Å². The van der Waals surface area contributed by atoms with Gasteiger partial charge in [0.25, 0.3) is 0 Å². The van der Waals surface area contributed by atoms with Crippen molar-refractivity contribution in [2.75, 3.05) is 0 Å². The third-order valence-electron chi connectivity index (χ3n) is 2.89. The van der Waals surface area contributed by atoms with Gasteiger partial charge < -0.3 is 10.2 Å². The van der Waals surface area contributed by atoms with Crippen LogP contribution in [0.5, 0.6) is 0 Å². The van der Waals surface area contributed by atoms with Crippen LogP contribution < -0.4 is 0 Å². The molecule has 2 aliphatic carbocycles. The Kier molecular flexibility index (Phi) is 1.04. The summed E-state index contributed by atoms with van der Waals surface area (Å²) in [5.41, 5.74) is -0.00579. The summed E-state index contributed by atoms with van der Waals surface area (Å²) >= 11 is 0. The Morgan fingerprint density at radius 1 is 1.40 bits per heavy atom. The number of rotatable bonds is 0. The first kappa shape index (κ1) is 6.38. The zero-order valence-corrected chi connectivity index (χ0v) is 5.99. The average Bonchev–Trinajstić information content (AvgIpc) is 2.55. The van der Waals surface area contributed by atoms with Gasteiger partial charge in [0.05, 0.1) is 12.2 Å². The summed E-state index contributed by atoms with van der Waals surface area (Å²) < 4.78 is 0. The zero-order valence-electron chi connectivity index (χ0n) is 5.99. The summed E-state index contributed by atoms with van der Waals surface area (Å²) in [6.07, 6.45) is 3.56. The molecule has 56 valence electrons. The van der Waals surface area contributed by atoms with E-state index in [9.17, 15) is 10.2 Å². The summed E-state index contributed by atoms with van der Waals surface area (Å²) in [6.45, 7) is 2.02. The molecule has 0 heterocycles. The number of hydrogen-bond donors (Lipinski definition) is 2. The van der Waals surface area contributed by atoms with Crippen LogP contribution in [0.15, 0.2) is 12.2 Å². The Hall–Kier alpha value is -0.340. The standard InChI is InChI=1S/C8H12O2/c1-8-4-5(8)2-3-6(9)7(8)10/h2-3,5-7,9-10H,4H2,1H3. The first-order valence-electron chi connectivity index (χ1n) is 3.69. The van der Waals surface area contributed by atoms with Gasteiger partial charge in [0.2, 0.25) is 0 Å². The first-order valence-corrected chi connectivity index (χ1v) is 3.69. The highest BCUT2D eigenvalue weighted by Gasteiger charge is 2.57. The van der Waals surface area contributed by atoms with Gasteiger partial charge in [-0.15, -0.1) is 0 Å². The Morgan fingerprint density at radius 2 is 2.10 bits per heavy atom. The van der Waals surface area contributed by atoms with Gasteiger partial charge in [0.15, 0.2) is 0 Å². The Balaban J connectivity index is 2.26. The minimum absolute atomic E-state index is 0.00579. The number of fused-ring (bicyclic) bond motifs is 1. The molecular formula is C8H12O2. The molecule has 1 saturated carbocycles. The van der Waals surface area contributed by atoms with E-state index in [2.05, 4.69) is 0 Å². The van der Waals surface area contributed by atoms with Crippen LogP contribution in [0.3, 0.4) is 0 Å². The molecule has 2 rings (SSSR count). The molecule has 0 aromatic rings. The molecule has 2 N–H and O–H groups in total. The molecule has 0 radical (unpaired) electrons. The highest BCUT2D eigenvalue weighted by atomic mass is 16.3. The molecule has 0 saturated heterocycles. The van der Waals surface area contributed by atoms with Gasteiger partial charge in [-0.25, -0.2) is 0 Å². The molecule has 0 spiro atoms. The van der Waals surface area contributed by atoms with Gasteiger partial charge in [0.1, 0.15) is 0 Å². The van der Waals surface area contributed by atoms with E-state index < -0.39 is 12.2 Å². The molecule has 0 aliphatic heterocycles. The normalized spacial score (nSPS) is 58.1. The molecule has 2 heteroatoms. The minimum Gasteiger partial charge on any atom is -0.389 e. The van der Waals surface area contributed by atoms with Crippen LogP contribution in [0, 0.1) is 11.3 Å². The lowest BCUT2D eigenvalue weighted by Crippen LogP contribution is -2.35. The van der Waals surface area contributed by atoms with Gasteiger partial charge in [-0.05, 0) is 12.3 Å². The fraction of sp³-hybridized carbons (Fsp3) is 0.750. The lowest BCUT2D eigenvalue weighted by molar-refractivity contribution is -0.00510. The van der Waals surface area contributed by atoms with Crippen molar-refractivity contribution in [2.45, 2.75) is 25.6 Å². The molecule has 0 amide bonds. The maximum atomic E-state index is 9.45. The second-order valence-corrected chi connectivity index (χ2v) is 3.64. The molecular weight excluding hydrogens is 128 g/mol. The molecule has 2 aliphatic rings. The fourth-order valence-electron chi connectivity index (χ4n) is 1.79. The summed E-state index contributed by atoms with van der Waals surface area (Å²) in [5, 5.41) is 18.6. The van der Waals surface area contributed by atoms with Crippen molar-refractivity contribution in [2.24, 2.45) is 11.3 Å². The number of aliphatic hydroxyl groups is 2. The van der Waals surface area contributed by atoms with Crippen LogP contribution in [0.2, 0.25) is 0 Å². The third kappa shape index (κ3) is 0.607. The summed E-state index contributed by atoms with van der Waals surface area (Å²) in [5.74, 6) is 0.519. The van der Waals surface area contributed by atoms with Crippen molar-refractivity contribution >= 4 is 0 Å². The number of aliphatic hydroxyl groups excluding tert-OH is 2. The monoisotopic (exact) mass is 140 g/mol. The highest BCUT2D eigenvalue weighted by Crippen LogP contribution is 2.58. The zero-order chi connectivity index (χ0) is 7.35. The van der Waals surface area contributed by atoms with Crippen LogP contribution in [-0.2, 0) is 0 Å². The van der Waals surface area contributed by atoms with Crippen molar-refractivity contribution in [1.82, 2.24) is 0 Å². The molecule has 0 bridgehead atoms. The van der Waals surface area contributed by atoms with Crippen LogP contribution >= 0.6 is 0 Å². The van der Waals surface area contributed by atoms with Crippen LogP contribution in [0.4, 0.5) is 0 Å². The Labute approximate surface area is 60.2 Å². The minimum atomic E-state index is -0.635. The van der Waals surface area contributed by atoms with Crippen molar-refractivity contribution in [3.8, 4) is 0 Å². The van der Waals surface area contributed by atoms with Crippen molar-refractivity contribution in [3.05, 3.63) is 12.2 Å². The largest absolute Gasteiger partial charge is 0.389 e. The maximum Gasteiger partial charge on any atom is 0.0985 e. The van der Waals surface area contributed by atoms with E-state index in [1.54, 1.807) is 6.08 Å². The number of allylic oxidation sites excluding steroid dienone is 1. The van der Waals surface area contributed by atoms with Gasteiger partial charge >= 0.3 is 0 Å². The topological polar surface area (TPSA) is 40.5 Å². The Morgan fingerprint density at radius 3 is 2.70 bits per heavy atom.